The van der Waals surface area contributed by atoms with Crippen molar-refractivity contribution in [1.29, 1.82) is 0 Å². The van der Waals surface area contributed by atoms with Gasteiger partial charge in [-0.2, -0.15) is 0 Å². The lowest BCUT2D eigenvalue weighted by Gasteiger charge is -2.18. The highest BCUT2D eigenvalue weighted by Crippen LogP contribution is 2.20. The second-order valence-corrected chi connectivity index (χ2v) is 4.82. The van der Waals surface area contributed by atoms with Gasteiger partial charge in [0, 0.05) is 37.5 Å². The third kappa shape index (κ3) is 2.59. The van der Waals surface area contributed by atoms with Gasteiger partial charge in [0.25, 0.3) is 0 Å². The van der Waals surface area contributed by atoms with E-state index >= 15 is 0 Å². The van der Waals surface area contributed by atoms with Crippen LogP contribution in [0.4, 0.5) is 0 Å². The van der Waals surface area contributed by atoms with E-state index in [9.17, 15) is 4.79 Å². The summed E-state index contributed by atoms with van der Waals surface area (Å²) in [4.78, 5) is 29.2. The fraction of sp³-hybridized carbons (Fsp3) is 0.357. The van der Waals surface area contributed by atoms with Crippen molar-refractivity contribution < 1.29 is 9.53 Å². The third-order valence-electron chi connectivity index (χ3n) is 3.29. The number of hydrogen-bond donors (Lipinski definition) is 1. The van der Waals surface area contributed by atoms with Gasteiger partial charge >= 0.3 is 5.97 Å². The molecule has 1 aliphatic heterocycles. The van der Waals surface area contributed by atoms with Gasteiger partial charge in [0.15, 0.2) is 17.3 Å². The maximum Gasteiger partial charge on any atom is 0.357 e. The lowest BCUT2D eigenvalue weighted by molar-refractivity contribution is 0.0592. The molecular weight excluding hydrogens is 270 g/mol. The number of carbonyl (C=O) groups is 1. The molecule has 3 heterocycles. The zero-order valence-electron chi connectivity index (χ0n) is 11.9. The lowest BCUT2D eigenvalue weighted by Crippen LogP contribution is -2.28. The molecule has 7 heteroatoms. The average molecular weight is 285 g/mol. The molecule has 3 rings (SSSR count). The van der Waals surface area contributed by atoms with E-state index in [1.54, 1.807) is 12.4 Å². The van der Waals surface area contributed by atoms with Crippen molar-refractivity contribution in [3.8, 4) is 11.6 Å². The minimum atomic E-state index is -0.467. The number of carbonyl (C=O) groups excluding carboxylic acids is 1. The van der Waals surface area contributed by atoms with Crippen LogP contribution >= 0.6 is 0 Å². The van der Waals surface area contributed by atoms with Crippen molar-refractivity contribution in [2.75, 3.05) is 13.7 Å². The molecule has 2 aromatic rings. The lowest BCUT2D eigenvalue weighted by atomic mass is 10.1. The van der Waals surface area contributed by atoms with Crippen LogP contribution in [0.1, 0.15) is 27.3 Å². The molecule has 0 spiro atoms. The number of nitrogens with one attached hydrogen (secondary N) is 1. The van der Waals surface area contributed by atoms with Crippen molar-refractivity contribution in [1.82, 2.24) is 25.3 Å². The Morgan fingerprint density at radius 3 is 2.71 bits per heavy atom. The van der Waals surface area contributed by atoms with Crippen LogP contribution in [-0.2, 0) is 17.7 Å². The molecule has 21 heavy (non-hydrogen) atoms. The summed E-state index contributed by atoms with van der Waals surface area (Å²) in [5, 5.41) is 3.21. The Kier molecular flexibility index (Phi) is 3.57. The molecule has 1 N–H and O–H groups in total. The second-order valence-electron chi connectivity index (χ2n) is 4.82. The van der Waals surface area contributed by atoms with Crippen molar-refractivity contribution in [2.45, 2.75) is 19.9 Å². The first-order chi connectivity index (χ1) is 10.2. The van der Waals surface area contributed by atoms with Crippen LogP contribution in [0.2, 0.25) is 0 Å². The Balaban J connectivity index is 2.13. The molecular formula is C14H15N5O2. The van der Waals surface area contributed by atoms with Gasteiger partial charge < -0.3 is 10.1 Å². The van der Waals surface area contributed by atoms with Gasteiger partial charge in [-0.3, -0.25) is 0 Å². The van der Waals surface area contributed by atoms with E-state index in [0.29, 0.717) is 18.2 Å². The predicted octanol–water partition coefficient (Wildman–Crippen LogP) is 0.674. The monoisotopic (exact) mass is 285 g/mol. The zero-order valence-corrected chi connectivity index (χ0v) is 11.9. The number of methoxy groups -OCH3 is 1. The highest BCUT2D eigenvalue weighted by Gasteiger charge is 2.23. The van der Waals surface area contributed by atoms with Gasteiger partial charge in [-0.1, -0.05) is 0 Å². The highest BCUT2D eigenvalue weighted by molar-refractivity contribution is 5.89. The number of fused-ring (bicyclic) bond motifs is 1. The van der Waals surface area contributed by atoms with Crippen LogP contribution < -0.4 is 5.32 Å². The summed E-state index contributed by atoms with van der Waals surface area (Å²) >= 11 is 0. The van der Waals surface area contributed by atoms with E-state index in [0.717, 1.165) is 29.8 Å². The maximum atomic E-state index is 11.9. The number of rotatable bonds is 2. The molecule has 7 nitrogen and oxygen atoms in total. The Labute approximate surface area is 121 Å². The van der Waals surface area contributed by atoms with Crippen LogP contribution in [0.15, 0.2) is 12.4 Å². The summed E-state index contributed by atoms with van der Waals surface area (Å²) in [7, 11) is 1.34. The predicted molar refractivity (Wildman–Crippen MR) is 74.5 cm³/mol. The molecule has 1 aliphatic rings. The minimum Gasteiger partial charge on any atom is -0.464 e. The maximum absolute atomic E-state index is 11.9. The topological polar surface area (TPSA) is 89.9 Å². The second kappa shape index (κ2) is 5.53. The van der Waals surface area contributed by atoms with Gasteiger partial charge in [-0.15, -0.1) is 0 Å². The molecule has 0 fully saturated rings. The summed E-state index contributed by atoms with van der Waals surface area (Å²) in [5.74, 6) is 0.300. The summed E-state index contributed by atoms with van der Waals surface area (Å²) in [6.07, 6.45) is 4.13. The van der Waals surface area contributed by atoms with E-state index < -0.39 is 5.97 Å². The van der Waals surface area contributed by atoms with Crippen LogP contribution in [-0.4, -0.2) is 39.6 Å². The first-order valence-corrected chi connectivity index (χ1v) is 6.67. The Morgan fingerprint density at radius 1 is 1.24 bits per heavy atom. The average Bonchev–Trinajstić information content (AvgIpc) is 2.53. The third-order valence-corrected chi connectivity index (χ3v) is 3.29. The van der Waals surface area contributed by atoms with Gasteiger partial charge in [0.05, 0.1) is 12.8 Å². The number of aromatic nitrogens is 4. The Morgan fingerprint density at radius 2 is 2.00 bits per heavy atom. The molecule has 0 unspecified atom stereocenters. The van der Waals surface area contributed by atoms with Gasteiger partial charge in [-0.05, 0) is 12.5 Å². The molecule has 0 radical (unpaired) electrons. The largest absolute Gasteiger partial charge is 0.464 e. The minimum absolute atomic E-state index is 0.286. The van der Waals surface area contributed by atoms with E-state index in [4.69, 9.17) is 4.74 Å². The Hall–Kier alpha value is -2.41. The van der Waals surface area contributed by atoms with Crippen LogP contribution in [0.25, 0.3) is 11.6 Å². The quantitative estimate of drug-likeness (QED) is 0.811. The molecule has 0 aliphatic carbocycles. The fourth-order valence-electron chi connectivity index (χ4n) is 2.22. The molecule has 2 aromatic heterocycles. The summed E-state index contributed by atoms with van der Waals surface area (Å²) in [5.41, 5.74) is 2.88. The number of aryl methyl sites for hydroxylation is 1. The number of esters is 1. The summed E-state index contributed by atoms with van der Waals surface area (Å²) in [6.45, 7) is 3.29. The molecule has 0 bridgehead atoms. The fourth-order valence-corrected chi connectivity index (χ4v) is 2.22. The molecule has 108 valence electrons. The summed E-state index contributed by atoms with van der Waals surface area (Å²) < 4.78 is 4.81. The molecule has 0 amide bonds. The zero-order chi connectivity index (χ0) is 14.8. The summed E-state index contributed by atoms with van der Waals surface area (Å²) in [6, 6.07) is 0. The smallest absolute Gasteiger partial charge is 0.357 e. The van der Waals surface area contributed by atoms with Crippen LogP contribution in [0.3, 0.4) is 0 Å². The van der Waals surface area contributed by atoms with Gasteiger partial charge in [-0.25, -0.2) is 24.7 Å². The first-order valence-electron chi connectivity index (χ1n) is 6.67. The molecule has 0 saturated carbocycles. The SMILES string of the molecule is COC(=O)c1nc(-c2ncc(C)cn2)nc2c1CNCC2. The molecule has 0 aromatic carbocycles. The van der Waals surface area contributed by atoms with Crippen molar-refractivity contribution in [3.05, 3.63) is 34.9 Å². The van der Waals surface area contributed by atoms with Gasteiger partial charge in [0.1, 0.15) is 0 Å². The number of hydrogen-bond acceptors (Lipinski definition) is 7. The number of nitrogens with zero attached hydrogens (tertiary/aromatic N) is 4. The first kappa shape index (κ1) is 13.6. The van der Waals surface area contributed by atoms with E-state index in [1.165, 1.54) is 7.11 Å². The normalized spacial score (nSPS) is 13.6. The van der Waals surface area contributed by atoms with Crippen molar-refractivity contribution in [3.63, 3.8) is 0 Å². The van der Waals surface area contributed by atoms with E-state index in [1.807, 2.05) is 6.92 Å². The van der Waals surface area contributed by atoms with Crippen LogP contribution in [0, 0.1) is 6.92 Å². The standard InChI is InChI=1S/C14H15N5O2/c1-8-5-16-12(17-6-8)13-18-10-3-4-15-7-9(10)11(19-13)14(20)21-2/h5-6,15H,3-4,7H2,1-2H3. The van der Waals surface area contributed by atoms with E-state index in [2.05, 4.69) is 25.3 Å². The van der Waals surface area contributed by atoms with Crippen molar-refractivity contribution in [2.24, 2.45) is 0 Å². The Bertz CT molecular complexity index is 685. The van der Waals surface area contributed by atoms with Crippen LogP contribution in [0.5, 0.6) is 0 Å². The number of ether oxygens (including phenoxy) is 1. The highest BCUT2D eigenvalue weighted by atomic mass is 16.5. The van der Waals surface area contributed by atoms with Crippen molar-refractivity contribution >= 4 is 5.97 Å². The van der Waals surface area contributed by atoms with E-state index in [-0.39, 0.29) is 5.69 Å². The molecule has 0 saturated heterocycles. The van der Waals surface area contributed by atoms with Gasteiger partial charge in [0.2, 0.25) is 0 Å². The molecule has 0 atom stereocenters.